The molecule has 0 aliphatic carbocycles. The lowest BCUT2D eigenvalue weighted by Gasteiger charge is -2.12. The van der Waals surface area contributed by atoms with Gasteiger partial charge in [0.05, 0.1) is 18.6 Å². The van der Waals surface area contributed by atoms with Crippen LogP contribution < -0.4 is 19.0 Å². The second kappa shape index (κ2) is 10.0. The molecule has 3 rings (SSSR count). The molecule has 0 radical (unpaired) electrons. The highest BCUT2D eigenvalue weighted by atomic mass is 32.2. The van der Waals surface area contributed by atoms with E-state index in [-0.39, 0.29) is 21.9 Å². The van der Waals surface area contributed by atoms with Crippen molar-refractivity contribution in [1.82, 2.24) is 0 Å². The highest BCUT2D eigenvalue weighted by molar-refractivity contribution is 7.87. The second-order valence-corrected chi connectivity index (χ2v) is 8.12. The van der Waals surface area contributed by atoms with Crippen LogP contribution >= 0.6 is 0 Å². The van der Waals surface area contributed by atoms with Gasteiger partial charge >= 0.3 is 10.1 Å². The van der Waals surface area contributed by atoms with Crippen molar-refractivity contribution in [2.75, 3.05) is 19.0 Å². The van der Waals surface area contributed by atoms with Crippen molar-refractivity contribution in [3.05, 3.63) is 82.4 Å². The molecule has 10 nitrogen and oxygen atoms in total. The summed E-state index contributed by atoms with van der Waals surface area (Å²) < 4.78 is 40.6. The topological polar surface area (TPSA) is 134 Å². The van der Waals surface area contributed by atoms with E-state index < -0.39 is 20.9 Å². The van der Waals surface area contributed by atoms with E-state index in [0.717, 1.165) is 6.07 Å². The second-order valence-electron chi connectivity index (χ2n) is 6.57. The average Bonchev–Trinajstić information content (AvgIpc) is 2.80. The smallest absolute Gasteiger partial charge is 0.339 e. The number of methoxy groups -OCH3 is 1. The Balaban J connectivity index is 1.71. The fraction of sp³-hybridized carbons (Fsp3) is 0.136. The number of rotatable bonds is 9. The molecule has 172 valence electrons. The normalized spacial score (nSPS) is 10.8. The minimum atomic E-state index is -4.30. The van der Waals surface area contributed by atoms with Crippen LogP contribution in [-0.2, 0) is 10.1 Å². The van der Waals surface area contributed by atoms with E-state index in [1.807, 2.05) is 6.92 Å². The minimum absolute atomic E-state index is 0.0548. The molecule has 0 bridgehead atoms. The molecule has 3 aromatic rings. The highest BCUT2D eigenvalue weighted by Gasteiger charge is 2.20. The van der Waals surface area contributed by atoms with Crippen molar-refractivity contribution in [3.8, 4) is 17.2 Å². The lowest BCUT2D eigenvalue weighted by atomic mass is 10.2. The van der Waals surface area contributed by atoms with Gasteiger partial charge in [0.1, 0.15) is 10.6 Å². The van der Waals surface area contributed by atoms with Gasteiger partial charge in [-0.15, -0.1) is 0 Å². The Morgan fingerprint density at radius 3 is 2.39 bits per heavy atom. The molecule has 0 fully saturated rings. The number of non-ortho nitro benzene ring substituents is 1. The van der Waals surface area contributed by atoms with E-state index in [9.17, 15) is 23.3 Å². The molecule has 0 unspecified atom stereocenters. The summed E-state index contributed by atoms with van der Waals surface area (Å²) in [4.78, 5) is 22.3. The van der Waals surface area contributed by atoms with Crippen molar-refractivity contribution < 1.29 is 31.8 Å². The van der Waals surface area contributed by atoms with Crippen molar-refractivity contribution in [2.45, 2.75) is 11.8 Å². The fourth-order valence-corrected chi connectivity index (χ4v) is 3.78. The van der Waals surface area contributed by atoms with Crippen molar-refractivity contribution in [3.63, 3.8) is 0 Å². The van der Waals surface area contributed by atoms with Crippen LogP contribution in [0.2, 0.25) is 0 Å². The van der Waals surface area contributed by atoms with Crippen LogP contribution in [0.15, 0.2) is 71.6 Å². The zero-order chi connectivity index (χ0) is 24.0. The summed E-state index contributed by atoms with van der Waals surface area (Å²) in [6.07, 6.45) is 0. The van der Waals surface area contributed by atoms with Gasteiger partial charge in [-0.25, -0.2) is 0 Å². The standard InChI is InChI=1S/C22H20N2O8S/c1-3-31-20-12-9-16(13-21(20)30-2)23-22(25)15-7-10-18(11-8-15)32-33(28,29)19-6-4-5-17(14-19)24(26)27/h4-14H,3H2,1-2H3,(H,23,25). The number of ether oxygens (including phenoxy) is 2. The molecule has 3 aromatic carbocycles. The maximum absolute atomic E-state index is 12.5. The molecular formula is C22H20N2O8S. The Bertz CT molecular complexity index is 1270. The zero-order valence-corrected chi connectivity index (χ0v) is 18.5. The van der Waals surface area contributed by atoms with Gasteiger partial charge < -0.3 is 19.0 Å². The summed E-state index contributed by atoms with van der Waals surface area (Å²) in [5, 5.41) is 13.6. The monoisotopic (exact) mass is 472 g/mol. The van der Waals surface area contributed by atoms with E-state index in [2.05, 4.69) is 5.32 Å². The first-order valence-electron chi connectivity index (χ1n) is 9.64. The Morgan fingerprint density at radius 1 is 1.03 bits per heavy atom. The molecule has 0 heterocycles. The highest BCUT2D eigenvalue weighted by Crippen LogP contribution is 2.30. The first-order chi connectivity index (χ1) is 15.7. The van der Waals surface area contributed by atoms with E-state index in [0.29, 0.717) is 23.8 Å². The van der Waals surface area contributed by atoms with Gasteiger partial charge in [-0.3, -0.25) is 14.9 Å². The molecule has 0 saturated heterocycles. The third-order valence-electron chi connectivity index (χ3n) is 4.36. The third kappa shape index (κ3) is 5.77. The van der Waals surface area contributed by atoms with Gasteiger partial charge in [0, 0.05) is 29.4 Å². The van der Waals surface area contributed by atoms with Crippen LogP contribution in [0.1, 0.15) is 17.3 Å². The summed E-state index contributed by atoms with van der Waals surface area (Å²) in [6.45, 7) is 2.31. The maximum Gasteiger partial charge on any atom is 0.339 e. The molecule has 0 aliphatic rings. The number of hydrogen-bond acceptors (Lipinski definition) is 8. The molecule has 33 heavy (non-hydrogen) atoms. The Hall–Kier alpha value is -4.12. The van der Waals surface area contributed by atoms with E-state index in [1.165, 1.54) is 49.6 Å². The molecule has 1 amide bonds. The number of anilines is 1. The van der Waals surface area contributed by atoms with Gasteiger partial charge in [0.2, 0.25) is 0 Å². The van der Waals surface area contributed by atoms with Crippen LogP contribution in [0.5, 0.6) is 17.2 Å². The van der Waals surface area contributed by atoms with Gasteiger partial charge in [-0.1, -0.05) is 6.07 Å². The predicted molar refractivity (Wildman–Crippen MR) is 119 cm³/mol. The number of nitro benzene ring substituents is 1. The Kier molecular flexibility index (Phi) is 7.13. The SMILES string of the molecule is CCOc1ccc(NC(=O)c2ccc(OS(=O)(=O)c3cccc([N+](=O)[O-])c3)cc2)cc1OC. The lowest BCUT2D eigenvalue weighted by molar-refractivity contribution is -0.385. The molecule has 0 spiro atoms. The lowest BCUT2D eigenvalue weighted by Crippen LogP contribution is -2.13. The molecule has 0 saturated carbocycles. The molecule has 0 aromatic heterocycles. The number of carbonyl (C=O) groups excluding carboxylic acids is 1. The van der Waals surface area contributed by atoms with Crippen molar-refractivity contribution in [2.24, 2.45) is 0 Å². The third-order valence-corrected chi connectivity index (χ3v) is 5.60. The maximum atomic E-state index is 12.5. The Labute approximate surface area is 190 Å². The first-order valence-corrected chi connectivity index (χ1v) is 11.1. The number of carbonyl (C=O) groups is 1. The minimum Gasteiger partial charge on any atom is -0.493 e. The Morgan fingerprint density at radius 2 is 1.76 bits per heavy atom. The van der Waals surface area contributed by atoms with Crippen LogP contribution in [-0.4, -0.2) is 33.0 Å². The molecular weight excluding hydrogens is 452 g/mol. The molecule has 0 aliphatic heterocycles. The summed E-state index contributed by atoms with van der Waals surface area (Å²) in [5.41, 5.74) is 0.356. The summed E-state index contributed by atoms with van der Waals surface area (Å²) in [6, 6.07) is 14.9. The molecule has 1 N–H and O–H groups in total. The quantitative estimate of drug-likeness (QED) is 0.280. The van der Waals surface area contributed by atoms with Gasteiger partial charge in [-0.2, -0.15) is 8.42 Å². The van der Waals surface area contributed by atoms with E-state index in [1.54, 1.807) is 18.2 Å². The van der Waals surface area contributed by atoms with Crippen LogP contribution in [0.4, 0.5) is 11.4 Å². The van der Waals surface area contributed by atoms with Gasteiger partial charge in [0.15, 0.2) is 11.5 Å². The van der Waals surface area contributed by atoms with Crippen molar-refractivity contribution in [1.29, 1.82) is 0 Å². The number of nitrogens with one attached hydrogen (secondary N) is 1. The van der Waals surface area contributed by atoms with Crippen molar-refractivity contribution >= 4 is 27.4 Å². The van der Waals surface area contributed by atoms with Crippen LogP contribution in [0.3, 0.4) is 0 Å². The van der Waals surface area contributed by atoms with Crippen LogP contribution in [0.25, 0.3) is 0 Å². The van der Waals surface area contributed by atoms with Gasteiger partial charge in [0.25, 0.3) is 11.6 Å². The number of amides is 1. The molecule has 11 heteroatoms. The largest absolute Gasteiger partial charge is 0.493 e. The molecule has 0 atom stereocenters. The number of hydrogen-bond donors (Lipinski definition) is 1. The zero-order valence-electron chi connectivity index (χ0n) is 17.7. The first kappa shape index (κ1) is 23.5. The number of benzene rings is 3. The summed E-state index contributed by atoms with van der Waals surface area (Å²) in [7, 11) is -2.81. The summed E-state index contributed by atoms with van der Waals surface area (Å²) >= 11 is 0. The van der Waals surface area contributed by atoms with Crippen LogP contribution in [0, 0.1) is 10.1 Å². The number of nitro groups is 1. The fourth-order valence-electron chi connectivity index (χ4n) is 2.81. The van der Waals surface area contributed by atoms with Gasteiger partial charge in [-0.05, 0) is 49.4 Å². The summed E-state index contributed by atoms with van der Waals surface area (Å²) in [5.74, 6) is 0.518. The van der Waals surface area contributed by atoms with E-state index >= 15 is 0 Å². The van der Waals surface area contributed by atoms with E-state index in [4.69, 9.17) is 13.7 Å². The average molecular weight is 472 g/mol. The number of nitrogens with zero attached hydrogens (tertiary/aromatic N) is 1. The predicted octanol–water partition coefficient (Wildman–Crippen LogP) is 4.02.